The van der Waals surface area contributed by atoms with Crippen LogP contribution in [0.5, 0.6) is 0 Å². The standard InChI is InChI=1S/C24H19F3N4O3S/c1-15-21(20-10-2-3-11-22(20)29-15)14-28-30-23(32)16-6-4-9-19(12-16)35(33,34)31-18-8-5-7-17(13-18)24(25,26)27/h2-14,29,31H,1H3,(H,30,32)/b28-14-. The second-order valence-corrected chi connectivity index (χ2v) is 9.30. The highest BCUT2D eigenvalue weighted by Crippen LogP contribution is 2.31. The van der Waals surface area contributed by atoms with E-state index < -0.39 is 27.7 Å². The van der Waals surface area contributed by atoms with Crippen molar-refractivity contribution in [2.45, 2.75) is 18.0 Å². The molecule has 3 N–H and O–H groups in total. The van der Waals surface area contributed by atoms with Crippen LogP contribution in [0.15, 0.2) is 82.8 Å². The number of nitrogens with zero attached hydrogens (tertiary/aromatic N) is 1. The number of aromatic nitrogens is 1. The zero-order chi connectivity index (χ0) is 25.2. The van der Waals surface area contributed by atoms with E-state index in [0.29, 0.717) is 6.07 Å². The molecular weight excluding hydrogens is 481 g/mol. The number of sulfonamides is 1. The Kier molecular flexibility index (Phi) is 6.35. The van der Waals surface area contributed by atoms with Gasteiger partial charge < -0.3 is 4.98 Å². The summed E-state index contributed by atoms with van der Waals surface area (Å²) in [6.07, 6.45) is -3.13. The molecule has 0 atom stereocenters. The van der Waals surface area contributed by atoms with Gasteiger partial charge in [-0.3, -0.25) is 9.52 Å². The lowest BCUT2D eigenvalue weighted by Crippen LogP contribution is -2.19. The number of aryl methyl sites for hydroxylation is 1. The predicted molar refractivity (Wildman–Crippen MR) is 127 cm³/mol. The third-order valence-electron chi connectivity index (χ3n) is 5.15. The first-order valence-corrected chi connectivity index (χ1v) is 11.7. The normalized spacial score (nSPS) is 12.2. The maximum atomic E-state index is 12.9. The Morgan fingerprint density at radius 1 is 1.00 bits per heavy atom. The third-order valence-corrected chi connectivity index (χ3v) is 6.53. The van der Waals surface area contributed by atoms with E-state index in [2.05, 4.69) is 20.2 Å². The highest BCUT2D eigenvalue weighted by Gasteiger charge is 2.30. The number of hydrogen-bond acceptors (Lipinski definition) is 4. The predicted octanol–water partition coefficient (Wildman–Crippen LogP) is 5.06. The topological polar surface area (TPSA) is 103 Å². The summed E-state index contributed by atoms with van der Waals surface area (Å²) in [5, 5.41) is 4.90. The largest absolute Gasteiger partial charge is 0.416 e. The molecule has 1 aromatic heterocycles. The van der Waals surface area contributed by atoms with Crippen molar-refractivity contribution in [2.24, 2.45) is 5.10 Å². The second kappa shape index (κ2) is 9.26. The molecule has 0 radical (unpaired) electrons. The summed E-state index contributed by atoms with van der Waals surface area (Å²) in [4.78, 5) is 15.5. The summed E-state index contributed by atoms with van der Waals surface area (Å²) in [6.45, 7) is 1.87. The van der Waals surface area contributed by atoms with Crippen LogP contribution in [0.2, 0.25) is 0 Å². The van der Waals surface area contributed by atoms with Crippen molar-refractivity contribution in [3.8, 4) is 0 Å². The minimum atomic E-state index is -4.62. The number of alkyl halides is 3. The molecule has 11 heteroatoms. The maximum absolute atomic E-state index is 12.9. The molecule has 0 aliphatic rings. The first-order valence-electron chi connectivity index (χ1n) is 10.3. The molecule has 0 aliphatic heterocycles. The van der Waals surface area contributed by atoms with Gasteiger partial charge in [-0.25, -0.2) is 13.8 Å². The Hall–Kier alpha value is -4.12. The number of hydrogen-bond donors (Lipinski definition) is 3. The van der Waals surface area contributed by atoms with E-state index in [1.165, 1.54) is 30.5 Å². The summed E-state index contributed by atoms with van der Waals surface area (Å²) in [5.41, 5.74) is 3.69. The van der Waals surface area contributed by atoms with Crippen LogP contribution in [0.1, 0.15) is 27.2 Å². The minimum Gasteiger partial charge on any atom is -0.358 e. The van der Waals surface area contributed by atoms with E-state index in [0.717, 1.165) is 40.4 Å². The van der Waals surface area contributed by atoms with Crippen LogP contribution >= 0.6 is 0 Å². The van der Waals surface area contributed by atoms with Crippen LogP contribution in [0.4, 0.5) is 18.9 Å². The van der Waals surface area contributed by atoms with Crippen molar-refractivity contribution in [2.75, 3.05) is 4.72 Å². The number of aromatic amines is 1. The molecule has 0 unspecified atom stereocenters. The number of amides is 1. The van der Waals surface area contributed by atoms with Gasteiger partial charge >= 0.3 is 6.18 Å². The zero-order valence-corrected chi connectivity index (χ0v) is 19.0. The van der Waals surface area contributed by atoms with Crippen molar-refractivity contribution in [3.63, 3.8) is 0 Å². The van der Waals surface area contributed by atoms with Gasteiger partial charge in [0, 0.05) is 33.4 Å². The summed E-state index contributed by atoms with van der Waals surface area (Å²) in [5.74, 6) is -0.658. The van der Waals surface area contributed by atoms with Gasteiger partial charge in [-0.2, -0.15) is 18.3 Å². The van der Waals surface area contributed by atoms with Gasteiger partial charge in [0.05, 0.1) is 16.7 Å². The summed E-state index contributed by atoms with van der Waals surface area (Å²) in [6, 6.07) is 16.5. The number of rotatable bonds is 6. The van der Waals surface area contributed by atoms with Crippen molar-refractivity contribution in [3.05, 3.63) is 95.2 Å². The van der Waals surface area contributed by atoms with Crippen LogP contribution in [-0.4, -0.2) is 25.5 Å². The molecular formula is C24H19F3N4O3S. The number of carbonyl (C=O) groups is 1. The van der Waals surface area contributed by atoms with Gasteiger partial charge in [0.1, 0.15) is 0 Å². The smallest absolute Gasteiger partial charge is 0.358 e. The maximum Gasteiger partial charge on any atom is 0.416 e. The molecule has 35 heavy (non-hydrogen) atoms. The molecule has 0 saturated heterocycles. The second-order valence-electron chi connectivity index (χ2n) is 7.62. The molecule has 0 bridgehead atoms. The van der Waals surface area contributed by atoms with Crippen LogP contribution in [-0.2, 0) is 16.2 Å². The molecule has 0 saturated carbocycles. The number of halogens is 3. The van der Waals surface area contributed by atoms with Gasteiger partial charge in [-0.15, -0.1) is 0 Å². The lowest BCUT2D eigenvalue weighted by atomic mass is 10.1. The molecule has 180 valence electrons. The Morgan fingerprint density at radius 2 is 1.74 bits per heavy atom. The number of carbonyl (C=O) groups excluding carboxylic acids is 1. The van der Waals surface area contributed by atoms with Gasteiger partial charge in [-0.05, 0) is 49.4 Å². The van der Waals surface area contributed by atoms with Crippen LogP contribution in [0.3, 0.4) is 0 Å². The molecule has 7 nitrogen and oxygen atoms in total. The highest BCUT2D eigenvalue weighted by molar-refractivity contribution is 7.92. The quantitative estimate of drug-likeness (QED) is 0.255. The van der Waals surface area contributed by atoms with Crippen LogP contribution in [0, 0.1) is 6.92 Å². The average molecular weight is 501 g/mol. The van der Waals surface area contributed by atoms with Gasteiger partial charge in [0.2, 0.25) is 0 Å². The van der Waals surface area contributed by atoms with E-state index in [4.69, 9.17) is 0 Å². The SMILES string of the molecule is Cc1[nH]c2ccccc2c1/C=N\NC(=O)c1cccc(S(=O)(=O)Nc2cccc(C(F)(F)F)c2)c1. The molecule has 4 rings (SSSR count). The van der Waals surface area contributed by atoms with E-state index in [1.807, 2.05) is 31.2 Å². The van der Waals surface area contributed by atoms with Crippen molar-refractivity contribution in [1.82, 2.24) is 10.4 Å². The number of hydrazone groups is 1. The van der Waals surface area contributed by atoms with E-state index in [1.54, 1.807) is 0 Å². The van der Waals surface area contributed by atoms with Gasteiger partial charge in [0.15, 0.2) is 0 Å². The first kappa shape index (κ1) is 24.0. The van der Waals surface area contributed by atoms with E-state index in [9.17, 15) is 26.4 Å². The fourth-order valence-electron chi connectivity index (χ4n) is 3.46. The Bertz CT molecular complexity index is 1540. The van der Waals surface area contributed by atoms with Crippen LogP contribution in [0.25, 0.3) is 10.9 Å². The summed E-state index contributed by atoms with van der Waals surface area (Å²) >= 11 is 0. The van der Waals surface area contributed by atoms with Gasteiger partial charge in [-0.1, -0.05) is 30.3 Å². The molecule has 0 spiro atoms. The third kappa shape index (κ3) is 5.35. The first-order chi connectivity index (χ1) is 16.5. The Balaban J connectivity index is 1.50. The minimum absolute atomic E-state index is 0.00437. The fourth-order valence-corrected chi connectivity index (χ4v) is 4.56. The van der Waals surface area contributed by atoms with Crippen molar-refractivity contribution < 1.29 is 26.4 Å². The van der Waals surface area contributed by atoms with Crippen molar-refractivity contribution in [1.29, 1.82) is 0 Å². The summed E-state index contributed by atoms with van der Waals surface area (Å²) in [7, 11) is -4.26. The fraction of sp³-hybridized carbons (Fsp3) is 0.0833. The number of para-hydroxylation sites is 1. The molecule has 1 heterocycles. The van der Waals surface area contributed by atoms with Crippen molar-refractivity contribution >= 4 is 38.7 Å². The Labute approximate surface area is 198 Å². The molecule has 0 aliphatic carbocycles. The average Bonchev–Trinajstić information content (AvgIpc) is 3.13. The molecule has 3 aromatic carbocycles. The van der Waals surface area contributed by atoms with Gasteiger partial charge in [0.25, 0.3) is 15.9 Å². The van der Waals surface area contributed by atoms with E-state index in [-0.39, 0.29) is 16.1 Å². The number of fused-ring (bicyclic) bond motifs is 1. The number of nitrogens with one attached hydrogen (secondary N) is 3. The number of benzene rings is 3. The highest BCUT2D eigenvalue weighted by atomic mass is 32.2. The van der Waals surface area contributed by atoms with E-state index >= 15 is 0 Å². The summed E-state index contributed by atoms with van der Waals surface area (Å²) < 4.78 is 66.3. The zero-order valence-electron chi connectivity index (χ0n) is 18.2. The number of H-pyrrole nitrogens is 1. The molecule has 4 aromatic rings. The van der Waals surface area contributed by atoms with Crippen LogP contribution < -0.4 is 10.1 Å². The molecule has 0 fully saturated rings. The molecule has 1 amide bonds. The Morgan fingerprint density at radius 3 is 2.51 bits per heavy atom. The lowest BCUT2D eigenvalue weighted by Gasteiger charge is -2.12. The number of anilines is 1. The monoisotopic (exact) mass is 500 g/mol. The lowest BCUT2D eigenvalue weighted by molar-refractivity contribution is -0.137.